The lowest BCUT2D eigenvalue weighted by atomic mass is 9.74. The maximum absolute atomic E-state index is 10.1. The smallest absolute Gasteiger partial charge is 0.115 e. The Morgan fingerprint density at radius 3 is 1.45 bits per heavy atom. The van der Waals surface area contributed by atoms with Gasteiger partial charge in [0.1, 0.15) is 11.5 Å². The molecule has 0 aliphatic carbocycles. The molecule has 0 spiro atoms. The number of nitrogens with zero attached hydrogens (tertiary/aromatic N) is 2. The fourth-order valence-corrected chi connectivity index (χ4v) is 6.95. The van der Waals surface area contributed by atoms with Crippen molar-refractivity contribution >= 4 is 24.8 Å². The predicted molar refractivity (Wildman–Crippen MR) is 164 cm³/mol. The van der Waals surface area contributed by atoms with Crippen LogP contribution in [0.15, 0.2) is 48.5 Å². The molecule has 6 heteroatoms. The fraction of sp³-hybridized carbons (Fsp3) is 0.625. The summed E-state index contributed by atoms with van der Waals surface area (Å²) in [7, 11) is 0. The average molecular weight is 566 g/mol. The molecule has 0 bridgehead atoms. The molecule has 2 aliphatic rings. The molecule has 0 amide bonds. The Morgan fingerprint density at radius 1 is 0.658 bits per heavy atom. The zero-order chi connectivity index (χ0) is 25.4. The standard InChI is InChI=1S/C32H48N2O2.2ClH/c1-3-31(27-13-11-15-29(35)23-27)17-5-7-19-33(25-31)21-9-10-22-34-20-8-6-18-32(4-2,26-34)28-14-12-16-30(36)24-28;;/h11-16,23-24,35-36H,3-10,17-22,25-26H2,1-2H3;2*1H/t31-,32-;;/m1../s1. The van der Waals surface area contributed by atoms with Crippen LogP contribution in [0.5, 0.6) is 11.5 Å². The van der Waals surface area contributed by atoms with Crippen LogP contribution in [0.25, 0.3) is 0 Å². The molecule has 214 valence electrons. The van der Waals surface area contributed by atoms with Crippen LogP contribution >= 0.6 is 24.8 Å². The van der Waals surface area contributed by atoms with Crippen molar-refractivity contribution in [2.45, 2.75) is 88.9 Å². The maximum atomic E-state index is 10.1. The first-order valence-electron chi connectivity index (χ1n) is 14.5. The largest absolute Gasteiger partial charge is 0.508 e. The molecule has 0 unspecified atom stereocenters. The van der Waals surface area contributed by atoms with Crippen molar-refractivity contribution in [3.05, 3.63) is 59.7 Å². The summed E-state index contributed by atoms with van der Waals surface area (Å²) < 4.78 is 0. The van der Waals surface area contributed by atoms with E-state index in [4.69, 9.17) is 0 Å². The van der Waals surface area contributed by atoms with E-state index in [1.54, 1.807) is 12.1 Å². The first-order chi connectivity index (χ1) is 17.5. The number of halogens is 2. The summed E-state index contributed by atoms with van der Waals surface area (Å²) in [6.45, 7) is 11.6. The van der Waals surface area contributed by atoms with Crippen molar-refractivity contribution in [2.24, 2.45) is 0 Å². The summed E-state index contributed by atoms with van der Waals surface area (Å²) in [5, 5.41) is 20.2. The third-order valence-corrected chi connectivity index (χ3v) is 9.28. The number of hydrogen-bond acceptors (Lipinski definition) is 4. The highest BCUT2D eigenvalue weighted by Gasteiger charge is 2.35. The number of benzene rings is 2. The van der Waals surface area contributed by atoms with Crippen LogP contribution in [0.3, 0.4) is 0 Å². The van der Waals surface area contributed by atoms with Gasteiger partial charge in [-0.2, -0.15) is 0 Å². The lowest BCUT2D eigenvalue weighted by molar-refractivity contribution is 0.194. The molecule has 2 heterocycles. The van der Waals surface area contributed by atoms with Crippen molar-refractivity contribution in [1.82, 2.24) is 9.80 Å². The van der Waals surface area contributed by atoms with Gasteiger partial charge in [0.25, 0.3) is 0 Å². The number of unbranched alkanes of at least 4 members (excludes halogenated alkanes) is 1. The lowest BCUT2D eigenvalue weighted by Gasteiger charge is -2.37. The van der Waals surface area contributed by atoms with E-state index in [0.717, 1.165) is 25.9 Å². The van der Waals surface area contributed by atoms with E-state index in [1.165, 1.54) is 88.7 Å². The van der Waals surface area contributed by atoms with Gasteiger partial charge in [-0.3, -0.25) is 0 Å². The molecule has 4 rings (SSSR count). The van der Waals surface area contributed by atoms with Crippen molar-refractivity contribution in [3.63, 3.8) is 0 Å². The minimum atomic E-state index is 0. The molecule has 4 nitrogen and oxygen atoms in total. The van der Waals surface area contributed by atoms with Crippen LogP contribution in [0, 0.1) is 0 Å². The molecule has 2 N–H and O–H groups in total. The van der Waals surface area contributed by atoms with E-state index >= 15 is 0 Å². The molecule has 0 aromatic heterocycles. The summed E-state index contributed by atoms with van der Waals surface area (Å²) in [4.78, 5) is 5.40. The second kappa shape index (κ2) is 15.4. The quantitative estimate of drug-likeness (QED) is 0.306. The lowest BCUT2D eigenvalue weighted by Crippen LogP contribution is -2.41. The molecule has 2 atom stereocenters. The van der Waals surface area contributed by atoms with Gasteiger partial charge in [-0.25, -0.2) is 0 Å². The third kappa shape index (κ3) is 8.03. The summed E-state index contributed by atoms with van der Waals surface area (Å²) in [5.41, 5.74) is 2.93. The maximum Gasteiger partial charge on any atom is 0.115 e. The van der Waals surface area contributed by atoms with Gasteiger partial charge < -0.3 is 20.0 Å². The highest BCUT2D eigenvalue weighted by atomic mass is 35.5. The number of hydrogen-bond donors (Lipinski definition) is 2. The zero-order valence-corrected chi connectivity index (χ0v) is 25.2. The van der Waals surface area contributed by atoms with Crippen LogP contribution in [-0.2, 0) is 10.8 Å². The van der Waals surface area contributed by atoms with Crippen LogP contribution in [0.1, 0.15) is 89.2 Å². The van der Waals surface area contributed by atoms with Gasteiger partial charge in [-0.1, -0.05) is 51.0 Å². The van der Waals surface area contributed by atoms with E-state index in [1.807, 2.05) is 24.3 Å². The summed E-state index contributed by atoms with van der Waals surface area (Å²) in [6, 6.07) is 16.0. The van der Waals surface area contributed by atoms with E-state index < -0.39 is 0 Å². The number of phenols is 2. The Bertz CT molecular complexity index is 896. The SMILES string of the molecule is CC[C@@]1(c2cccc(O)c2)CCCCN(CCCCN2CCCC[C@@](CC)(c3cccc(O)c3)C2)C1.Cl.Cl. The normalized spacial score (nSPS) is 25.0. The number of phenolic OH excluding ortho intramolecular Hbond substituents is 2. The Balaban J connectivity index is 0.00000253. The first-order valence-corrected chi connectivity index (χ1v) is 14.5. The monoisotopic (exact) mass is 564 g/mol. The number of rotatable bonds is 9. The van der Waals surface area contributed by atoms with Gasteiger partial charge in [0.2, 0.25) is 0 Å². The van der Waals surface area contributed by atoms with E-state index in [-0.39, 0.29) is 35.6 Å². The van der Waals surface area contributed by atoms with Crippen molar-refractivity contribution < 1.29 is 10.2 Å². The fourth-order valence-electron chi connectivity index (χ4n) is 6.95. The Labute approximate surface area is 243 Å². The molecule has 2 aromatic carbocycles. The molecule has 2 aromatic rings. The molecule has 2 saturated heterocycles. The van der Waals surface area contributed by atoms with Crippen molar-refractivity contribution in [1.29, 1.82) is 0 Å². The van der Waals surface area contributed by atoms with Crippen LogP contribution < -0.4 is 0 Å². The van der Waals surface area contributed by atoms with Crippen molar-refractivity contribution in [3.8, 4) is 11.5 Å². The van der Waals surface area contributed by atoms with Gasteiger partial charge in [0.05, 0.1) is 0 Å². The van der Waals surface area contributed by atoms with Gasteiger partial charge in [0, 0.05) is 23.9 Å². The molecule has 2 fully saturated rings. The Morgan fingerprint density at radius 2 is 1.08 bits per heavy atom. The van der Waals surface area contributed by atoms with Crippen molar-refractivity contribution in [2.75, 3.05) is 39.3 Å². The first kappa shape index (κ1) is 32.8. The molecule has 2 aliphatic heterocycles. The van der Waals surface area contributed by atoms with Crippen LogP contribution in [0.4, 0.5) is 0 Å². The van der Waals surface area contributed by atoms with E-state index in [0.29, 0.717) is 11.5 Å². The topological polar surface area (TPSA) is 46.9 Å². The van der Waals surface area contributed by atoms with Gasteiger partial charge in [0.15, 0.2) is 0 Å². The molecule has 0 saturated carbocycles. The second-order valence-corrected chi connectivity index (χ2v) is 11.5. The van der Waals surface area contributed by atoms with Gasteiger partial charge in [-0.15, -0.1) is 24.8 Å². The molecular formula is C32H50Cl2N2O2. The highest BCUT2D eigenvalue weighted by Crippen LogP contribution is 2.39. The molecule has 0 radical (unpaired) electrons. The minimum Gasteiger partial charge on any atom is -0.508 e. The second-order valence-electron chi connectivity index (χ2n) is 11.5. The van der Waals surface area contributed by atoms with Crippen LogP contribution in [-0.4, -0.2) is 59.3 Å². The number of aromatic hydroxyl groups is 2. The molecular weight excluding hydrogens is 515 g/mol. The predicted octanol–water partition coefficient (Wildman–Crippen LogP) is 7.69. The summed E-state index contributed by atoms with van der Waals surface area (Å²) in [5.74, 6) is 0.782. The third-order valence-electron chi connectivity index (χ3n) is 9.28. The minimum absolute atomic E-state index is 0. The average Bonchev–Trinajstić information content (AvgIpc) is 3.24. The Kier molecular flexibility index (Phi) is 13.2. The van der Waals surface area contributed by atoms with Crippen LogP contribution in [0.2, 0.25) is 0 Å². The van der Waals surface area contributed by atoms with Gasteiger partial charge in [-0.05, 0) is 113 Å². The van der Waals surface area contributed by atoms with Gasteiger partial charge >= 0.3 is 0 Å². The summed E-state index contributed by atoms with van der Waals surface area (Å²) >= 11 is 0. The van der Waals surface area contributed by atoms with E-state index in [9.17, 15) is 10.2 Å². The Hall–Kier alpha value is -1.46. The number of likely N-dealkylation sites (tertiary alicyclic amines) is 2. The molecule has 38 heavy (non-hydrogen) atoms. The van der Waals surface area contributed by atoms with E-state index in [2.05, 4.69) is 35.8 Å². The highest BCUT2D eigenvalue weighted by molar-refractivity contribution is 5.85. The summed E-state index contributed by atoms with van der Waals surface area (Å²) in [6.07, 6.45) is 12.2. The zero-order valence-electron chi connectivity index (χ0n) is 23.5.